The predicted molar refractivity (Wildman–Crippen MR) is 64.1 cm³/mol. The third-order valence-electron chi connectivity index (χ3n) is 2.91. The van der Waals surface area contributed by atoms with Gasteiger partial charge >= 0.3 is 5.97 Å². The van der Waals surface area contributed by atoms with E-state index in [0.29, 0.717) is 11.5 Å². The Balaban J connectivity index is 2.71. The monoisotopic (exact) mass is 217 g/mol. The first-order valence-corrected chi connectivity index (χ1v) is 5.35. The fraction of sp³-hybridized carbons (Fsp3) is 0.308. The van der Waals surface area contributed by atoms with Gasteiger partial charge in [-0.15, -0.1) is 0 Å². The lowest BCUT2D eigenvalue weighted by Gasteiger charge is -2.05. The Hall–Kier alpha value is -1.77. The molecule has 0 saturated carbocycles. The number of carbonyl (C=O) groups is 1. The van der Waals surface area contributed by atoms with Crippen LogP contribution >= 0.6 is 0 Å². The van der Waals surface area contributed by atoms with Crippen LogP contribution in [-0.4, -0.2) is 16.1 Å². The molecule has 1 aromatic carbocycles. The van der Waals surface area contributed by atoms with Gasteiger partial charge in [0.2, 0.25) is 0 Å². The summed E-state index contributed by atoms with van der Waals surface area (Å²) in [7, 11) is 0. The van der Waals surface area contributed by atoms with E-state index >= 15 is 0 Å². The predicted octanol–water partition coefficient (Wildman–Crippen LogP) is 3.30. The van der Waals surface area contributed by atoms with Crippen LogP contribution in [0.4, 0.5) is 0 Å². The molecule has 1 heterocycles. The van der Waals surface area contributed by atoms with Crippen molar-refractivity contribution in [1.29, 1.82) is 0 Å². The van der Waals surface area contributed by atoms with Gasteiger partial charge in [0, 0.05) is 17.1 Å². The topological polar surface area (TPSA) is 53.1 Å². The van der Waals surface area contributed by atoms with E-state index < -0.39 is 5.97 Å². The molecule has 0 aliphatic rings. The van der Waals surface area contributed by atoms with Crippen LogP contribution in [0.15, 0.2) is 18.3 Å². The summed E-state index contributed by atoms with van der Waals surface area (Å²) in [5.74, 6) is -0.441. The van der Waals surface area contributed by atoms with Gasteiger partial charge in [-0.25, -0.2) is 4.79 Å². The first-order valence-electron chi connectivity index (χ1n) is 5.35. The van der Waals surface area contributed by atoms with Crippen LogP contribution < -0.4 is 0 Å². The highest BCUT2D eigenvalue weighted by molar-refractivity contribution is 5.96. The number of aromatic amines is 1. The summed E-state index contributed by atoms with van der Waals surface area (Å²) in [6.07, 6.45) is 1.96. The van der Waals surface area contributed by atoms with Crippen molar-refractivity contribution in [2.75, 3.05) is 0 Å². The normalized spacial score (nSPS) is 11.2. The number of rotatable bonds is 2. The molecule has 0 aliphatic heterocycles. The smallest absolute Gasteiger partial charge is 0.336 e. The number of carboxylic acid groups (broad SMARTS) is 1. The summed E-state index contributed by atoms with van der Waals surface area (Å²) in [4.78, 5) is 14.1. The second-order valence-electron chi connectivity index (χ2n) is 4.42. The number of nitrogens with one attached hydrogen (secondary N) is 1. The second kappa shape index (κ2) is 3.67. The minimum atomic E-state index is -0.875. The maximum absolute atomic E-state index is 11.0. The molecule has 0 fully saturated rings. The molecule has 0 bridgehead atoms. The molecule has 0 unspecified atom stereocenters. The van der Waals surface area contributed by atoms with Crippen LogP contribution in [0.25, 0.3) is 10.9 Å². The molecule has 2 N–H and O–H groups in total. The maximum atomic E-state index is 11.0. The molecule has 2 aromatic rings. The van der Waals surface area contributed by atoms with Crippen LogP contribution in [0.1, 0.15) is 41.3 Å². The number of hydrogen-bond acceptors (Lipinski definition) is 1. The third-order valence-corrected chi connectivity index (χ3v) is 2.91. The average Bonchev–Trinajstić information content (AvgIpc) is 2.58. The number of hydrogen-bond donors (Lipinski definition) is 2. The van der Waals surface area contributed by atoms with Crippen LogP contribution in [0.3, 0.4) is 0 Å². The molecule has 3 nitrogen and oxygen atoms in total. The molecular formula is C13H15NO2. The molecule has 0 amide bonds. The van der Waals surface area contributed by atoms with Crippen LogP contribution in [-0.2, 0) is 0 Å². The van der Waals surface area contributed by atoms with E-state index in [4.69, 9.17) is 5.11 Å². The van der Waals surface area contributed by atoms with Crippen LogP contribution in [0.2, 0.25) is 0 Å². The lowest BCUT2D eigenvalue weighted by atomic mass is 9.99. The Morgan fingerprint density at radius 3 is 2.62 bits per heavy atom. The van der Waals surface area contributed by atoms with Crippen molar-refractivity contribution >= 4 is 16.9 Å². The minimum Gasteiger partial charge on any atom is -0.478 e. The van der Waals surface area contributed by atoms with Gasteiger partial charge in [0.1, 0.15) is 0 Å². The van der Waals surface area contributed by atoms with Crippen molar-refractivity contribution in [2.24, 2.45) is 0 Å². The first kappa shape index (κ1) is 10.7. The number of aryl methyl sites for hydroxylation is 1. The Kier molecular flexibility index (Phi) is 2.46. The summed E-state index contributed by atoms with van der Waals surface area (Å²) < 4.78 is 0. The van der Waals surface area contributed by atoms with E-state index in [1.807, 2.05) is 19.2 Å². The van der Waals surface area contributed by atoms with Gasteiger partial charge in [0.15, 0.2) is 0 Å². The summed E-state index contributed by atoms with van der Waals surface area (Å²) in [5.41, 5.74) is 3.30. The van der Waals surface area contributed by atoms with Gasteiger partial charge in [-0.3, -0.25) is 0 Å². The second-order valence-corrected chi connectivity index (χ2v) is 4.42. The highest BCUT2D eigenvalue weighted by Gasteiger charge is 2.12. The molecule has 1 aromatic heterocycles. The van der Waals surface area contributed by atoms with Crippen LogP contribution in [0, 0.1) is 6.92 Å². The van der Waals surface area contributed by atoms with Gasteiger partial charge in [-0.2, -0.15) is 0 Å². The Labute approximate surface area is 94.1 Å². The molecule has 0 atom stereocenters. The Morgan fingerprint density at radius 1 is 1.38 bits per heavy atom. The van der Waals surface area contributed by atoms with Crippen molar-refractivity contribution in [3.63, 3.8) is 0 Å². The number of aromatic nitrogens is 1. The van der Waals surface area contributed by atoms with E-state index in [0.717, 1.165) is 16.5 Å². The zero-order chi connectivity index (χ0) is 11.9. The van der Waals surface area contributed by atoms with E-state index in [1.165, 1.54) is 5.56 Å². The van der Waals surface area contributed by atoms with Crippen molar-refractivity contribution in [3.8, 4) is 0 Å². The Bertz CT molecular complexity index is 552. The molecule has 2 rings (SSSR count). The highest BCUT2D eigenvalue weighted by atomic mass is 16.4. The number of fused-ring (bicyclic) bond motifs is 1. The largest absolute Gasteiger partial charge is 0.478 e. The molecule has 0 aliphatic carbocycles. The van der Waals surface area contributed by atoms with E-state index in [2.05, 4.69) is 18.8 Å². The lowest BCUT2D eigenvalue weighted by molar-refractivity contribution is 0.0696. The van der Waals surface area contributed by atoms with Crippen molar-refractivity contribution in [2.45, 2.75) is 26.7 Å². The minimum absolute atomic E-state index is 0.365. The molecule has 0 spiro atoms. The standard InChI is InChI=1S/C13H15NO2/c1-7(2)11-6-14-12-5-9(13(15)16)8(3)4-10(11)12/h4-7,14H,1-3H3,(H,15,16). The number of H-pyrrole nitrogens is 1. The fourth-order valence-electron chi connectivity index (χ4n) is 2.01. The van der Waals surface area contributed by atoms with Crippen molar-refractivity contribution < 1.29 is 9.90 Å². The van der Waals surface area contributed by atoms with Gasteiger partial charge in [0.05, 0.1) is 5.56 Å². The van der Waals surface area contributed by atoms with Gasteiger partial charge < -0.3 is 10.1 Å². The molecule has 3 heteroatoms. The van der Waals surface area contributed by atoms with E-state index in [-0.39, 0.29) is 0 Å². The summed E-state index contributed by atoms with van der Waals surface area (Å²) in [6, 6.07) is 3.66. The zero-order valence-electron chi connectivity index (χ0n) is 9.66. The van der Waals surface area contributed by atoms with Gasteiger partial charge in [-0.05, 0) is 36.1 Å². The van der Waals surface area contributed by atoms with Gasteiger partial charge in [0.25, 0.3) is 0 Å². The third kappa shape index (κ3) is 1.58. The summed E-state index contributed by atoms with van der Waals surface area (Å²) >= 11 is 0. The SMILES string of the molecule is Cc1cc2c(C(C)C)c[nH]c2cc1C(=O)O. The summed E-state index contributed by atoms with van der Waals surface area (Å²) in [5, 5.41) is 10.1. The molecule has 0 radical (unpaired) electrons. The quantitative estimate of drug-likeness (QED) is 0.810. The molecule has 84 valence electrons. The fourth-order valence-corrected chi connectivity index (χ4v) is 2.01. The van der Waals surface area contributed by atoms with Gasteiger partial charge in [-0.1, -0.05) is 13.8 Å². The van der Waals surface area contributed by atoms with E-state index in [1.54, 1.807) is 6.07 Å². The van der Waals surface area contributed by atoms with E-state index in [9.17, 15) is 4.79 Å². The number of benzene rings is 1. The maximum Gasteiger partial charge on any atom is 0.336 e. The Morgan fingerprint density at radius 2 is 2.06 bits per heavy atom. The summed E-state index contributed by atoms with van der Waals surface area (Å²) in [6.45, 7) is 6.09. The molecule has 16 heavy (non-hydrogen) atoms. The molecular weight excluding hydrogens is 202 g/mol. The molecule has 0 saturated heterocycles. The lowest BCUT2D eigenvalue weighted by Crippen LogP contribution is -1.99. The highest BCUT2D eigenvalue weighted by Crippen LogP contribution is 2.27. The van der Waals surface area contributed by atoms with Crippen molar-refractivity contribution in [3.05, 3.63) is 35.0 Å². The average molecular weight is 217 g/mol. The number of carboxylic acids is 1. The first-order chi connectivity index (χ1) is 7.50. The zero-order valence-corrected chi connectivity index (χ0v) is 9.66. The van der Waals surface area contributed by atoms with Crippen LogP contribution in [0.5, 0.6) is 0 Å². The van der Waals surface area contributed by atoms with Crippen molar-refractivity contribution in [1.82, 2.24) is 4.98 Å². The number of aromatic carboxylic acids is 1.